The Morgan fingerprint density at radius 2 is 1.85 bits per heavy atom. The Morgan fingerprint density at radius 1 is 1.15 bits per heavy atom. The minimum atomic E-state index is -3.42. The highest BCUT2D eigenvalue weighted by atomic mass is 32.2. The molecule has 106 valence electrons. The number of pyridine rings is 1. The second kappa shape index (κ2) is 6.02. The molecular formula is C14H17N3O2S. The largest absolute Gasteiger partial charge is 0.398 e. The van der Waals surface area contributed by atoms with Crippen molar-refractivity contribution in [3.63, 3.8) is 0 Å². The summed E-state index contributed by atoms with van der Waals surface area (Å²) in [4.78, 5) is 4.13. The van der Waals surface area contributed by atoms with Crippen LogP contribution < -0.4 is 5.73 Å². The number of para-hydroxylation sites is 1. The van der Waals surface area contributed by atoms with Gasteiger partial charge in [0.2, 0.25) is 10.0 Å². The van der Waals surface area contributed by atoms with Crippen molar-refractivity contribution in [1.29, 1.82) is 0 Å². The lowest BCUT2D eigenvalue weighted by atomic mass is 10.2. The smallest absolute Gasteiger partial charge is 0.218 e. The van der Waals surface area contributed by atoms with E-state index < -0.39 is 10.0 Å². The van der Waals surface area contributed by atoms with Gasteiger partial charge in [0.05, 0.1) is 18.0 Å². The molecule has 5 nitrogen and oxygen atoms in total. The fourth-order valence-electron chi connectivity index (χ4n) is 1.79. The first-order valence-corrected chi connectivity index (χ1v) is 7.77. The highest BCUT2D eigenvalue weighted by Gasteiger charge is 2.20. The van der Waals surface area contributed by atoms with Crippen molar-refractivity contribution in [3.05, 3.63) is 59.9 Å². The number of hydrogen-bond acceptors (Lipinski definition) is 4. The number of aromatic nitrogens is 1. The van der Waals surface area contributed by atoms with Crippen LogP contribution in [0.3, 0.4) is 0 Å². The van der Waals surface area contributed by atoms with Crippen LogP contribution in [-0.2, 0) is 22.3 Å². The van der Waals surface area contributed by atoms with Crippen molar-refractivity contribution in [2.75, 3.05) is 12.8 Å². The molecule has 2 N–H and O–H groups in total. The molecule has 0 unspecified atom stereocenters. The number of nitrogen functional groups attached to an aromatic ring is 1. The number of nitrogens with two attached hydrogens (primary N) is 1. The molecule has 1 aromatic carbocycles. The van der Waals surface area contributed by atoms with Gasteiger partial charge in [0.25, 0.3) is 0 Å². The highest BCUT2D eigenvalue weighted by molar-refractivity contribution is 7.88. The summed E-state index contributed by atoms with van der Waals surface area (Å²) < 4.78 is 25.9. The number of hydrogen-bond donors (Lipinski definition) is 1. The molecule has 0 radical (unpaired) electrons. The van der Waals surface area contributed by atoms with Crippen LogP contribution in [0.15, 0.2) is 48.7 Å². The lowest BCUT2D eigenvalue weighted by Gasteiger charge is -2.17. The van der Waals surface area contributed by atoms with Crippen LogP contribution in [0.25, 0.3) is 0 Å². The van der Waals surface area contributed by atoms with Crippen molar-refractivity contribution in [1.82, 2.24) is 9.29 Å². The second-order valence-corrected chi connectivity index (χ2v) is 6.61. The molecule has 0 aliphatic heterocycles. The molecule has 0 bridgehead atoms. The van der Waals surface area contributed by atoms with Gasteiger partial charge in [0.1, 0.15) is 0 Å². The quantitative estimate of drug-likeness (QED) is 0.849. The van der Waals surface area contributed by atoms with E-state index in [-0.39, 0.29) is 12.3 Å². The molecule has 2 rings (SSSR count). The zero-order valence-corrected chi connectivity index (χ0v) is 12.0. The Labute approximate surface area is 119 Å². The Bertz CT molecular complexity index is 672. The van der Waals surface area contributed by atoms with Crippen molar-refractivity contribution in [3.8, 4) is 0 Å². The number of anilines is 1. The summed E-state index contributed by atoms with van der Waals surface area (Å²) in [5.41, 5.74) is 7.59. The van der Waals surface area contributed by atoms with Crippen LogP contribution in [0.4, 0.5) is 5.69 Å². The highest BCUT2D eigenvalue weighted by Crippen LogP contribution is 2.17. The van der Waals surface area contributed by atoms with Gasteiger partial charge < -0.3 is 5.73 Å². The number of sulfonamides is 1. The van der Waals surface area contributed by atoms with Crippen LogP contribution in [0.2, 0.25) is 0 Å². The van der Waals surface area contributed by atoms with E-state index in [9.17, 15) is 8.42 Å². The van der Waals surface area contributed by atoms with Gasteiger partial charge in [-0.3, -0.25) is 4.98 Å². The molecule has 0 aliphatic carbocycles. The molecule has 1 aromatic heterocycles. The Morgan fingerprint density at radius 3 is 2.50 bits per heavy atom. The summed E-state index contributed by atoms with van der Waals surface area (Å²) in [6, 6.07) is 12.4. The summed E-state index contributed by atoms with van der Waals surface area (Å²) in [6.45, 7) is 0.246. The van der Waals surface area contributed by atoms with Gasteiger partial charge in [-0.15, -0.1) is 0 Å². The summed E-state index contributed by atoms with van der Waals surface area (Å²) in [7, 11) is -1.88. The second-order valence-electron chi connectivity index (χ2n) is 4.53. The average Bonchev–Trinajstić information content (AvgIpc) is 2.42. The maximum Gasteiger partial charge on any atom is 0.218 e. The average molecular weight is 291 g/mol. The van der Waals surface area contributed by atoms with Crippen LogP contribution in [0.5, 0.6) is 0 Å². The van der Waals surface area contributed by atoms with Crippen LogP contribution in [0, 0.1) is 0 Å². The molecule has 0 saturated carbocycles. The molecule has 1 heterocycles. The van der Waals surface area contributed by atoms with Gasteiger partial charge >= 0.3 is 0 Å². The van der Waals surface area contributed by atoms with E-state index in [1.807, 2.05) is 6.07 Å². The molecule has 0 saturated heterocycles. The minimum absolute atomic E-state index is 0.108. The van der Waals surface area contributed by atoms with Crippen molar-refractivity contribution >= 4 is 15.7 Å². The van der Waals surface area contributed by atoms with E-state index in [4.69, 9.17) is 5.73 Å². The number of rotatable bonds is 5. The monoisotopic (exact) mass is 291 g/mol. The number of nitrogens with zero attached hydrogens (tertiary/aromatic N) is 2. The first kappa shape index (κ1) is 14.5. The van der Waals surface area contributed by atoms with Gasteiger partial charge in [0.15, 0.2) is 0 Å². The van der Waals surface area contributed by atoms with E-state index in [1.165, 1.54) is 4.31 Å². The summed E-state index contributed by atoms with van der Waals surface area (Å²) in [5, 5.41) is 0. The summed E-state index contributed by atoms with van der Waals surface area (Å²) in [5.74, 6) is -0.108. The minimum Gasteiger partial charge on any atom is -0.398 e. The van der Waals surface area contributed by atoms with Gasteiger partial charge in [-0.05, 0) is 23.8 Å². The lowest BCUT2D eigenvalue weighted by Crippen LogP contribution is -2.28. The van der Waals surface area contributed by atoms with E-state index in [2.05, 4.69) is 4.98 Å². The fraction of sp³-hybridized carbons (Fsp3) is 0.214. The maximum absolute atomic E-state index is 12.3. The molecule has 0 atom stereocenters. The summed E-state index contributed by atoms with van der Waals surface area (Å²) >= 11 is 0. The predicted octanol–water partition coefficient (Wildman–Crippen LogP) is 1.63. The molecule has 6 heteroatoms. The SMILES string of the molecule is CN(Cc1ccccn1)S(=O)(=O)Cc1ccccc1N. The molecule has 0 spiro atoms. The Kier molecular flexibility index (Phi) is 4.36. The molecule has 0 aliphatic rings. The third-order valence-corrected chi connectivity index (χ3v) is 4.73. The van der Waals surface area contributed by atoms with Crippen molar-refractivity contribution in [2.24, 2.45) is 0 Å². The third-order valence-electron chi connectivity index (χ3n) is 2.98. The summed E-state index contributed by atoms with van der Waals surface area (Å²) in [6.07, 6.45) is 1.64. The van der Waals surface area contributed by atoms with E-state index in [0.29, 0.717) is 16.9 Å². The zero-order chi connectivity index (χ0) is 14.6. The van der Waals surface area contributed by atoms with Crippen LogP contribution >= 0.6 is 0 Å². The zero-order valence-electron chi connectivity index (χ0n) is 11.2. The van der Waals surface area contributed by atoms with Gasteiger partial charge in [-0.2, -0.15) is 4.31 Å². The van der Waals surface area contributed by atoms with Gasteiger partial charge in [-0.1, -0.05) is 24.3 Å². The topological polar surface area (TPSA) is 76.3 Å². The number of benzene rings is 1. The van der Waals surface area contributed by atoms with Gasteiger partial charge in [0, 0.05) is 18.9 Å². The first-order valence-electron chi connectivity index (χ1n) is 6.16. The van der Waals surface area contributed by atoms with Crippen molar-refractivity contribution < 1.29 is 8.42 Å². The molecular weight excluding hydrogens is 274 g/mol. The maximum atomic E-state index is 12.3. The van der Waals surface area contributed by atoms with E-state index in [1.54, 1.807) is 49.6 Å². The predicted molar refractivity (Wildman–Crippen MR) is 79.2 cm³/mol. The lowest BCUT2D eigenvalue weighted by molar-refractivity contribution is 0.461. The van der Waals surface area contributed by atoms with Crippen molar-refractivity contribution in [2.45, 2.75) is 12.3 Å². The fourth-order valence-corrected chi connectivity index (χ4v) is 3.00. The normalized spacial score (nSPS) is 11.7. The Hall–Kier alpha value is -1.92. The van der Waals surface area contributed by atoms with Crippen LogP contribution in [-0.4, -0.2) is 24.8 Å². The van der Waals surface area contributed by atoms with E-state index >= 15 is 0 Å². The molecule has 0 fully saturated rings. The molecule has 2 aromatic rings. The van der Waals surface area contributed by atoms with E-state index in [0.717, 1.165) is 0 Å². The third kappa shape index (κ3) is 3.55. The van der Waals surface area contributed by atoms with Crippen LogP contribution in [0.1, 0.15) is 11.3 Å². The molecule has 20 heavy (non-hydrogen) atoms. The van der Waals surface area contributed by atoms with Gasteiger partial charge in [-0.25, -0.2) is 8.42 Å². The molecule has 0 amide bonds. The first-order chi connectivity index (χ1) is 9.49. The standard InChI is InChI=1S/C14H17N3O2S/c1-17(10-13-7-4-5-9-16-13)20(18,19)11-12-6-2-3-8-14(12)15/h2-9H,10-11,15H2,1H3. The Balaban J connectivity index is 2.12.